The molecule has 5 heteroatoms. The molecule has 0 spiro atoms. The predicted octanol–water partition coefficient (Wildman–Crippen LogP) is 3.04. The van der Waals surface area contributed by atoms with Gasteiger partial charge in [-0.25, -0.2) is 4.79 Å². The van der Waals surface area contributed by atoms with Gasteiger partial charge < -0.3 is 15.1 Å². The van der Waals surface area contributed by atoms with Crippen LogP contribution in [0.4, 0.5) is 4.79 Å². The molecule has 1 N–H and O–H groups in total. The second kappa shape index (κ2) is 9.18. The van der Waals surface area contributed by atoms with Crippen molar-refractivity contribution in [3.63, 3.8) is 0 Å². The van der Waals surface area contributed by atoms with Crippen molar-refractivity contribution in [1.29, 1.82) is 0 Å². The minimum atomic E-state index is -0.324. The van der Waals surface area contributed by atoms with Crippen LogP contribution in [0.15, 0.2) is 30.3 Å². The Labute approximate surface area is 139 Å². The van der Waals surface area contributed by atoms with Crippen LogP contribution in [-0.4, -0.2) is 48.9 Å². The Bertz CT molecular complexity index is 502. The lowest BCUT2D eigenvalue weighted by molar-refractivity contribution is -0.129. The van der Waals surface area contributed by atoms with E-state index in [9.17, 15) is 9.59 Å². The van der Waals surface area contributed by atoms with Crippen LogP contribution in [0, 0.1) is 0 Å². The molecule has 1 rings (SSSR count). The van der Waals surface area contributed by atoms with Crippen LogP contribution in [0.5, 0.6) is 0 Å². The Balaban J connectivity index is 2.84. The van der Waals surface area contributed by atoms with Crippen LogP contribution in [0.2, 0.25) is 0 Å². The SMILES string of the molecule is CCCC(C)N(C)C(=O)NC(CC(=O)N(C)C)c1ccccc1. The number of nitrogens with one attached hydrogen (secondary N) is 1. The topological polar surface area (TPSA) is 52.7 Å². The van der Waals surface area contributed by atoms with E-state index >= 15 is 0 Å². The summed E-state index contributed by atoms with van der Waals surface area (Å²) in [5, 5.41) is 3.00. The predicted molar refractivity (Wildman–Crippen MR) is 93.2 cm³/mol. The maximum Gasteiger partial charge on any atom is 0.317 e. The van der Waals surface area contributed by atoms with E-state index in [-0.39, 0.29) is 30.4 Å². The van der Waals surface area contributed by atoms with Crippen molar-refractivity contribution < 1.29 is 9.59 Å². The standard InChI is InChI=1S/C18H29N3O2/c1-6-10-14(2)21(5)18(23)19-16(13-17(22)20(3)4)15-11-8-7-9-12-15/h7-9,11-12,14,16H,6,10,13H2,1-5H3,(H,19,23). The van der Waals surface area contributed by atoms with Crippen molar-refractivity contribution in [2.75, 3.05) is 21.1 Å². The lowest BCUT2D eigenvalue weighted by Crippen LogP contribution is -2.44. The minimum Gasteiger partial charge on any atom is -0.349 e. The van der Waals surface area contributed by atoms with Gasteiger partial charge in [0.15, 0.2) is 0 Å². The first kappa shape index (κ1) is 19.0. The van der Waals surface area contributed by atoms with Crippen LogP contribution in [-0.2, 0) is 4.79 Å². The molecule has 5 nitrogen and oxygen atoms in total. The molecule has 0 heterocycles. The molecule has 0 aliphatic carbocycles. The van der Waals surface area contributed by atoms with Crippen LogP contribution < -0.4 is 5.32 Å². The van der Waals surface area contributed by atoms with Crippen molar-refractivity contribution in [2.24, 2.45) is 0 Å². The summed E-state index contributed by atoms with van der Waals surface area (Å²) in [5.74, 6) is -0.0107. The minimum absolute atomic E-state index is 0.0107. The molecule has 1 aromatic carbocycles. The van der Waals surface area contributed by atoms with Crippen LogP contribution in [0.25, 0.3) is 0 Å². The Morgan fingerprint density at radius 2 is 1.74 bits per heavy atom. The van der Waals surface area contributed by atoms with Crippen molar-refractivity contribution in [3.8, 4) is 0 Å². The lowest BCUT2D eigenvalue weighted by atomic mass is 10.0. The Morgan fingerprint density at radius 1 is 1.13 bits per heavy atom. The van der Waals surface area contributed by atoms with E-state index < -0.39 is 0 Å². The van der Waals surface area contributed by atoms with Crippen LogP contribution in [0.3, 0.4) is 0 Å². The molecule has 0 saturated heterocycles. The van der Waals surface area contributed by atoms with Gasteiger partial charge in [-0.1, -0.05) is 43.7 Å². The smallest absolute Gasteiger partial charge is 0.317 e. The average molecular weight is 319 g/mol. The molecular formula is C18H29N3O2. The van der Waals surface area contributed by atoms with E-state index in [0.29, 0.717) is 0 Å². The highest BCUT2D eigenvalue weighted by molar-refractivity contribution is 5.79. The van der Waals surface area contributed by atoms with Gasteiger partial charge in [0, 0.05) is 27.2 Å². The Kier molecular flexibility index (Phi) is 7.59. The highest BCUT2D eigenvalue weighted by Gasteiger charge is 2.22. The largest absolute Gasteiger partial charge is 0.349 e. The third-order valence-electron chi connectivity index (χ3n) is 4.07. The van der Waals surface area contributed by atoms with Gasteiger partial charge in [0.05, 0.1) is 12.5 Å². The fraction of sp³-hybridized carbons (Fsp3) is 0.556. The monoisotopic (exact) mass is 319 g/mol. The zero-order valence-electron chi connectivity index (χ0n) is 14.9. The third kappa shape index (κ3) is 5.93. The summed E-state index contributed by atoms with van der Waals surface area (Å²) >= 11 is 0. The summed E-state index contributed by atoms with van der Waals surface area (Å²) in [4.78, 5) is 27.8. The maximum absolute atomic E-state index is 12.5. The van der Waals surface area contributed by atoms with Gasteiger partial charge in [0.2, 0.25) is 5.91 Å². The molecule has 2 unspecified atom stereocenters. The summed E-state index contributed by atoms with van der Waals surface area (Å²) < 4.78 is 0. The van der Waals surface area contributed by atoms with Crippen LogP contribution >= 0.6 is 0 Å². The number of benzene rings is 1. The fourth-order valence-corrected chi connectivity index (χ4v) is 2.36. The van der Waals surface area contributed by atoms with Gasteiger partial charge in [-0.15, -0.1) is 0 Å². The van der Waals surface area contributed by atoms with E-state index in [1.165, 1.54) is 0 Å². The van der Waals surface area contributed by atoms with Crippen molar-refractivity contribution >= 4 is 11.9 Å². The number of carbonyl (C=O) groups excluding carboxylic acids is 2. The van der Waals surface area contributed by atoms with E-state index in [2.05, 4.69) is 12.2 Å². The molecule has 3 amide bonds. The van der Waals surface area contributed by atoms with Gasteiger partial charge in [-0.2, -0.15) is 0 Å². The highest BCUT2D eigenvalue weighted by Crippen LogP contribution is 2.18. The number of hydrogen-bond donors (Lipinski definition) is 1. The molecule has 0 aliphatic heterocycles. The van der Waals surface area contributed by atoms with Gasteiger partial charge in [-0.3, -0.25) is 4.79 Å². The van der Waals surface area contributed by atoms with Gasteiger partial charge in [0.25, 0.3) is 0 Å². The van der Waals surface area contributed by atoms with E-state index in [4.69, 9.17) is 0 Å². The second-order valence-electron chi connectivity index (χ2n) is 6.15. The summed E-state index contributed by atoms with van der Waals surface area (Å²) in [7, 11) is 5.24. The first-order valence-electron chi connectivity index (χ1n) is 8.15. The molecule has 0 fully saturated rings. The normalized spacial score (nSPS) is 13.1. The summed E-state index contributed by atoms with van der Waals surface area (Å²) in [5.41, 5.74) is 0.938. The fourth-order valence-electron chi connectivity index (χ4n) is 2.36. The zero-order chi connectivity index (χ0) is 17.4. The zero-order valence-corrected chi connectivity index (χ0v) is 14.9. The van der Waals surface area contributed by atoms with Crippen molar-refractivity contribution in [1.82, 2.24) is 15.1 Å². The second-order valence-corrected chi connectivity index (χ2v) is 6.15. The first-order chi connectivity index (χ1) is 10.9. The number of hydrogen-bond acceptors (Lipinski definition) is 2. The molecule has 0 aliphatic rings. The van der Waals surface area contributed by atoms with E-state index in [1.807, 2.05) is 37.3 Å². The number of urea groups is 1. The molecule has 2 atom stereocenters. The molecule has 23 heavy (non-hydrogen) atoms. The van der Waals surface area contributed by atoms with Crippen LogP contribution in [0.1, 0.15) is 44.7 Å². The van der Waals surface area contributed by atoms with Crippen molar-refractivity contribution in [2.45, 2.75) is 45.2 Å². The highest BCUT2D eigenvalue weighted by atomic mass is 16.2. The molecule has 0 saturated carbocycles. The number of nitrogens with zero attached hydrogens (tertiary/aromatic N) is 2. The third-order valence-corrected chi connectivity index (χ3v) is 4.07. The molecular weight excluding hydrogens is 290 g/mol. The van der Waals surface area contributed by atoms with E-state index in [0.717, 1.165) is 18.4 Å². The number of rotatable bonds is 7. The summed E-state index contributed by atoms with van der Waals surface area (Å²) in [6, 6.07) is 9.32. The molecule has 128 valence electrons. The van der Waals surface area contributed by atoms with Gasteiger partial charge >= 0.3 is 6.03 Å². The molecule has 0 aromatic heterocycles. The summed E-state index contributed by atoms with van der Waals surface area (Å²) in [6.45, 7) is 4.14. The van der Waals surface area contributed by atoms with Crippen molar-refractivity contribution in [3.05, 3.63) is 35.9 Å². The summed E-state index contributed by atoms with van der Waals surface area (Å²) in [6.07, 6.45) is 2.23. The lowest BCUT2D eigenvalue weighted by Gasteiger charge is -2.28. The van der Waals surface area contributed by atoms with Gasteiger partial charge in [0.1, 0.15) is 0 Å². The number of carbonyl (C=O) groups is 2. The first-order valence-corrected chi connectivity index (χ1v) is 8.15. The maximum atomic E-state index is 12.5. The molecule has 0 radical (unpaired) electrons. The quantitative estimate of drug-likeness (QED) is 0.840. The molecule has 0 bridgehead atoms. The van der Waals surface area contributed by atoms with Gasteiger partial charge in [-0.05, 0) is 18.9 Å². The Morgan fingerprint density at radius 3 is 2.26 bits per heavy atom. The average Bonchev–Trinajstić information content (AvgIpc) is 2.54. The Hall–Kier alpha value is -2.04. The number of amides is 3. The van der Waals surface area contributed by atoms with E-state index in [1.54, 1.807) is 30.9 Å². The molecule has 1 aromatic rings.